The van der Waals surface area contributed by atoms with Crippen LogP contribution in [0, 0.1) is 0 Å². The van der Waals surface area contributed by atoms with Crippen molar-refractivity contribution >= 4 is 62.8 Å². The Bertz CT molecular complexity index is 1140. The van der Waals surface area contributed by atoms with Crippen molar-refractivity contribution in [1.29, 1.82) is 0 Å². The average molecular weight is 535 g/mol. The van der Waals surface area contributed by atoms with Crippen LogP contribution in [0.15, 0.2) is 76.3 Å². The summed E-state index contributed by atoms with van der Waals surface area (Å²) in [5.41, 5.74) is 4.58. The molecule has 164 valence electrons. The zero-order chi connectivity index (χ0) is 22.9. The van der Waals surface area contributed by atoms with Crippen molar-refractivity contribution in [1.82, 2.24) is 5.43 Å². The standard InChI is InChI=1S/C23H18BrCl2N3O3/c24-18-10-15(7-9-21(18)32-14-16-6-8-19(25)20(26)11-16)13-27-29-23(31)12-22(30)28-17-4-2-1-3-5-17/h1-11,13H,12,14H2,(H,28,30)(H,29,31). The molecular formula is C23H18BrCl2N3O3. The van der Waals surface area contributed by atoms with E-state index in [-0.39, 0.29) is 6.42 Å². The number of hydrogen-bond acceptors (Lipinski definition) is 4. The number of carbonyl (C=O) groups is 2. The molecular weight excluding hydrogens is 517 g/mol. The fourth-order valence-electron chi connectivity index (χ4n) is 2.60. The molecule has 9 heteroatoms. The molecule has 2 N–H and O–H groups in total. The van der Waals surface area contributed by atoms with Crippen LogP contribution in [0.4, 0.5) is 5.69 Å². The summed E-state index contributed by atoms with van der Waals surface area (Å²) in [6.45, 7) is 0.323. The van der Waals surface area contributed by atoms with Crippen molar-refractivity contribution in [3.63, 3.8) is 0 Å². The van der Waals surface area contributed by atoms with Gasteiger partial charge in [-0.3, -0.25) is 9.59 Å². The number of anilines is 1. The highest BCUT2D eigenvalue weighted by atomic mass is 79.9. The summed E-state index contributed by atoms with van der Waals surface area (Å²) in [5, 5.41) is 7.49. The van der Waals surface area contributed by atoms with Crippen molar-refractivity contribution in [2.24, 2.45) is 5.10 Å². The summed E-state index contributed by atoms with van der Waals surface area (Å²) in [6, 6.07) is 19.6. The Morgan fingerprint density at radius 1 is 0.969 bits per heavy atom. The van der Waals surface area contributed by atoms with E-state index in [0.29, 0.717) is 28.1 Å². The third-order valence-corrected chi connectivity index (χ3v) is 5.47. The Morgan fingerprint density at radius 2 is 1.75 bits per heavy atom. The fraction of sp³-hybridized carbons (Fsp3) is 0.0870. The quantitative estimate of drug-likeness (QED) is 0.217. The predicted octanol–water partition coefficient (Wildman–Crippen LogP) is 5.81. The first-order valence-electron chi connectivity index (χ1n) is 9.44. The second-order valence-electron chi connectivity index (χ2n) is 6.61. The van der Waals surface area contributed by atoms with Gasteiger partial charge in [-0.1, -0.05) is 47.5 Å². The molecule has 0 heterocycles. The van der Waals surface area contributed by atoms with Crippen LogP contribution in [-0.2, 0) is 16.2 Å². The molecule has 0 atom stereocenters. The summed E-state index contributed by atoms with van der Waals surface area (Å²) in [5.74, 6) is -0.305. The first kappa shape index (κ1) is 23.8. The maximum atomic E-state index is 11.9. The molecule has 0 aliphatic carbocycles. The molecule has 0 fully saturated rings. The lowest BCUT2D eigenvalue weighted by Gasteiger charge is -2.09. The lowest BCUT2D eigenvalue weighted by Crippen LogP contribution is -2.24. The molecule has 0 bridgehead atoms. The first-order valence-corrected chi connectivity index (χ1v) is 11.0. The zero-order valence-corrected chi connectivity index (χ0v) is 19.7. The van der Waals surface area contributed by atoms with E-state index < -0.39 is 11.8 Å². The van der Waals surface area contributed by atoms with Gasteiger partial charge >= 0.3 is 0 Å². The number of hydrogen-bond donors (Lipinski definition) is 2. The molecule has 0 aliphatic heterocycles. The fourth-order valence-corrected chi connectivity index (χ4v) is 3.43. The second-order valence-corrected chi connectivity index (χ2v) is 8.28. The molecule has 6 nitrogen and oxygen atoms in total. The van der Waals surface area contributed by atoms with Crippen LogP contribution in [0.2, 0.25) is 10.0 Å². The number of ether oxygens (including phenoxy) is 1. The Morgan fingerprint density at radius 3 is 2.47 bits per heavy atom. The predicted molar refractivity (Wildman–Crippen MR) is 130 cm³/mol. The monoisotopic (exact) mass is 533 g/mol. The van der Waals surface area contributed by atoms with Crippen LogP contribution in [0.1, 0.15) is 17.5 Å². The van der Waals surface area contributed by atoms with Gasteiger partial charge in [-0.25, -0.2) is 5.43 Å². The van der Waals surface area contributed by atoms with Gasteiger partial charge in [-0.2, -0.15) is 5.10 Å². The van der Waals surface area contributed by atoms with Crippen molar-refractivity contribution in [2.75, 3.05) is 5.32 Å². The van der Waals surface area contributed by atoms with Gasteiger partial charge < -0.3 is 10.1 Å². The Hall–Kier alpha value is -2.87. The minimum atomic E-state index is -0.518. The van der Waals surface area contributed by atoms with E-state index in [4.69, 9.17) is 27.9 Å². The highest BCUT2D eigenvalue weighted by Gasteiger charge is 2.09. The molecule has 3 rings (SSSR count). The van der Waals surface area contributed by atoms with E-state index in [1.165, 1.54) is 6.21 Å². The second kappa shape index (κ2) is 11.7. The lowest BCUT2D eigenvalue weighted by molar-refractivity contribution is -0.126. The Kier molecular flexibility index (Phi) is 8.67. The van der Waals surface area contributed by atoms with Gasteiger partial charge in [0, 0.05) is 5.69 Å². The molecule has 3 aromatic carbocycles. The van der Waals surface area contributed by atoms with Gasteiger partial charge in [0.1, 0.15) is 18.8 Å². The van der Waals surface area contributed by atoms with Gasteiger partial charge in [-0.15, -0.1) is 0 Å². The van der Waals surface area contributed by atoms with Crippen LogP contribution in [0.25, 0.3) is 0 Å². The first-order chi connectivity index (χ1) is 15.4. The van der Waals surface area contributed by atoms with Crippen LogP contribution < -0.4 is 15.5 Å². The molecule has 0 aliphatic rings. The van der Waals surface area contributed by atoms with Crippen LogP contribution in [-0.4, -0.2) is 18.0 Å². The maximum Gasteiger partial charge on any atom is 0.249 e. The van der Waals surface area contributed by atoms with E-state index in [9.17, 15) is 9.59 Å². The molecule has 32 heavy (non-hydrogen) atoms. The Balaban J connectivity index is 1.48. The van der Waals surface area contributed by atoms with Crippen molar-refractivity contribution < 1.29 is 14.3 Å². The third kappa shape index (κ3) is 7.37. The highest BCUT2D eigenvalue weighted by molar-refractivity contribution is 9.10. The van der Waals surface area contributed by atoms with Crippen molar-refractivity contribution in [3.8, 4) is 5.75 Å². The molecule has 0 saturated heterocycles. The van der Waals surface area contributed by atoms with E-state index >= 15 is 0 Å². The van der Waals surface area contributed by atoms with E-state index in [1.807, 2.05) is 12.1 Å². The summed E-state index contributed by atoms with van der Waals surface area (Å²) in [4.78, 5) is 23.8. The number of para-hydroxylation sites is 1. The summed E-state index contributed by atoms with van der Waals surface area (Å²) in [7, 11) is 0. The number of nitrogens with one attached hydrogen (secondary N) is 2. The molecule has 0 unspecified atom stereocenters. The number of nitrogens with zero attached hydrogens (tertiary/aromatic N) is 1. The maximum absolute atomic E-state index is 11.9. The zero-order valence-electron chi connectivity index (χ0n) is 16.6. The molecule has 0 aromatic heterocycles. The lowest BCUT2D eigenvalue weighted by atomic mass is 10.2. The van der Waals surface area contributed by atoms with Crippen LogP contribution in [0.5, 0.6) is 5.75 Å². The van der Waals surface area contributed by atoms with Gasteiger partial charge in [0.2, 0.25) is 11.8 Å². The number of benzene rings is 3. The number of halogens is 3. The summed E-state index contributed by atoms with van der Waals surface area (Å²) >= 11 is 15.4. The summed E-state index contributed by atoms with van der Waals surface area (Å²) < 4.78 is 6.52. The number of rotatable bonds is 8. The van der Waals surface area contributed by atoms with Crippen LogP contribution >= 0.6 is 39.1 Å². The van der Waals surface area contributed by atoms with E-state index in [0.717, 1.165) is 15.6 Å². The largest absolute Gasteiger partial charge is 0.488 e. The SMILES string of the molecule is O=C(CC(=O)Nc1ccccc1)NN=Cc1ccc(OCc2ccc(Cl)c(Cl)c2)c(Br)c1. The van der Waals surface area contributed by atoms with Crippen molar-refractivity contribution in [2.45, 2.75) is 13.0 Å². The van der Waals surface area contributed by atoms with Gasteiger partial charge in [0.25, 0.3) is 0 Å². The minimum absolute atomic E-state index is 0.323. The van der Waals surface area contributed by atoms with Gasteiger partial charge in [-0.05, 0) is 69.5 Å². The smallest absolute Gasteiger partial charge is 0.249 e. The molecule has 0 saturated carbocycles. The summed E-state index contributed by atoms with van der Waals surface area (Å²) in [6.07, 6.45) is 1.14. The Labute approximate surface area is 203 Å². The van der Waals surface area contributed by atoms with E-state index in [2.05, 4.69) is 31.8 Å². The number of hydrazone groups is 1. The minimum Gasteiger partial charge on any atom is -0.488 e. The molecule has 0 radical (unpaired) electrons. The number of carbonyl (C=O) groups excluding carboxylic acids is 2. The molecule has 2 amide bonds. The third-order valence-electron chi connectivity index (χ3n) is 4.12. The van der Waals surface area contributed by atoms with Gasteiger partial charge in [0.05, 0.1) is 20.7 Å². The average Bonchev–Trinajstić information content (AvgIpc) is 2.76. The molecule has 3 aromatic rings. The highest BCUT2D eigenvalue weighted by Crippen LogP contribution is 2.28. The molecule has 0 spiro atoms. The normalized spacial score (nSPS) is 10.7. The van der Waals surface area contributed by atoms with E-state index in [1.54, 1.807) is 54.6 Å². The van der Waals surface area contributed by atoms with Crippen molar-refractivity contribution in [3.05, 3.63) is 92.4 Å². The van der Waals surface area contributed by atoms with Crippen LogP contribution in [0.3, 0.4) is 0 Å². The topological polar surface area (TPSA) is 79.8 Å². The van der Waals surface area contributed by atoms with Gasteiger partial charge in [0.15, 0.2) is 0 Å². The number of amides is 2.